The molecule has 0 heterocycles. The van der Waals surface area contributed by atoms with Gasteiger partial charge in [-0.15, -0.1) is 0 Å². The Morgan fingerprint density at radius 3 is 2.44 bits per heavy atom. The van der Waals surface area contributed by atoms with Crippen molar-refractivity contribution < 1.29 is 22.7 Å². The molecule has 1 aromatic rings. The van der Waals surface area contributed by atoms with Gasteiger partial charge in [0.2, 0.25) is 0 Å². The van der Waals surface area contributed by atoms with E-state index in [4.69, 9.17) is 5.11 Å². The number of rotatable bonds is 6. The molecule has 2 nitrogen and oxygen atoms in total. The summed E-state index contributed by atoms with van der Waals surface area (Å²) in [5.74, 6) is -0.701. The van der Waals surface area contributed by atoms with Crippen molar-refractivity contribution in [1.29, 1.82) is 0 Å². The Kier molecular flexibility index (Phi) is 5.40. The van der Waals surface area contributed by atoms with E-state index < -0.39 is 18.4 Å². The van der Waals surface area contributed by atoms with E-state index in [1.54, 1.807) is 0 Å². The van der Waals surface area contributed by atoms with Crippen molar-refractivity contribution in [3.8, 4) is 5.75 Å². The van der Waals surface area contributed by atoms with Crippen LogP contribution in [0.25, 0.3) is 0 Å². The molecule has 6 heteroatoms. The molecule has 18 heavy (non-hydrogen) atoms. The minimum absolute atomic E-state index is 0.0743. The van der Waals surface area contributed by atoms with Crippen LogP contribution in [0.3, 0.4) is 0 Å². The predicted octanol–water partition coefficient (Wildman–Crippen LogP) is 3.35. The number of hydrogen-bond acceptors (Lipinski definition) is 2. The Morgan fingerprint density at radius 1 is 1.11 bits per heavy atom. The normalized spacial score (nSPS) is 11.8. The number of phenols is 1. The summed E-state index contributed by atoms with van der Waals surface area (Å²) in [6, 6.07) is 3.67. The molecule has 0 unspecified atom stereocenters. The molecule has 0 saturated heterocycles. The van der Waals surface area contributed by atoms with E-state index in [0.29, 0.717) is 25.1 Å². The fourth-order valence-corrected chi connectivity index (χ4v) is 1.54. The average molecular weight is 265 g/mol. The van der Waals surface area contributed by atoms with E-state index >= 15 is 0 Å². The van der Waals surface area contributed by atoms with E-state index in [-0.39, 0.29) is 12.2 Å². The molecule has 1 aromatic carbocycles. The predicted molar refractivity (Wildman–Crippen MR) is 59.7 cm³/mol. The molecular weight excluding hydrogens is 250 g/mol. The van der Waals surface area contributed by atoms with Crippen LogP contribution in [0.15, 0.2) is 18.2 Å². The quantitative estimate of drug-likeness (QED) is 0.610. The maximum Gasteiger partial charge on any atom is 0.389 e. The van der Waals surface area contributed by atoms with Gasteiger partial charge in [0, 0.05) is 19.0 Å². The van der Waals surface area contributed by atoms with Gasteiger partial charge < -0.3 is 10.4 Å². The zero-order chi connectivity index (χ0) is 13.6. The number of phenolic OH excluding ortho intramolecular Hbond substituents is 1. The third kappa shape index (κ3) is 6.44. The zero-order valence-electron chi connectivity index (χ0n) is 9.73. The van der Waals surface area contributed by atoms with Gasteiger partial charge in [0.05, 0.1) is 0 Å². The van der Waals surface area contributed by atoms with Crippen LogP contribution in [0.4, 0.5) is 17.6 Å². The van der Waals surface area contributed by atoms with Crippen molar-refractivity contribution in [2.75, 3.05) is 6.54 Å². The second kappa shape index (κ2) is 6.58. The van der Waals surface area contributed by atoms with Gasteiger partial charge in [-0.25, -0.2) is 4.39 Å². The lowest BCUT2D eigenvalue weighted by atomic mass is 10.2. The summed E-state index contributed by atoms with van der Waals surface area (Å²) < 4.78 is 48.4. The van der Waals surface area contributed by atoms with E-state index in [1.807, 2.05) is 0 Å². The Bertz CT molecular complexity index is 359. The van der Waals surface area contributed by atoms with Gasteiger partial charge in [-0.05, 0) is 37.1 Å². The first-order valence-corrected chi connectivity index (χ1v) is 5.63. The number of aromatic hydroxyl groups is 1. The van der Waals surface area contributed by atoms with Gasteiger partial charge in [-0.2, -0.15) is 13.2 Å². The summed E-state index contributed by atoms with van der Waals surface area (Å²) >= 11 is 0. The number of nitrogens with one attached hydrogen (secondary N) is 1. The fourth-order valence-electron chi connectivity index (χ4n) is 1.54. The first-order valence-electron chi connectivity index (χ1n) is 5.63. The van der Waals surface area contributed by atoms with Crippen LogP contribution >= 0.6 is 0 Å². The summed E-state index contributed by atoms with van der Waals surface area (Å²) in [7, 11) is 0. The van der Waals surface area contributed by atoms with Crippen LogP contribution in [-0.4, -0.2) is 17.8 Å². The molecule has 1 rings (SSSR count). The molecule has 2 N–H and O–H groups in total. The molecule has 0 aliphatic carbocycles. The van der Waals surface area contributed by atoms with Gasteiger partial charge >= 0.3 is 6.18 Å². The standard InChI is InChI=1S/C12H15F4NO/c13-10-5-9(6-11(18)7-10)8-17-4-2-1-3-12(14,15)16/h5-7,17-18H,1-4,8H2. The van der Waals surface area contributed by atoms with Crippen molar-refractivity contribution in [2.45, 2.75) is 32.0 Å². The number of benzene rings is 1. The van der Waals surface area contributed by atoms with Crippen molar-refractivity contribution in [1.82, 2.24) is 5.32 Å². The van der Waals surface area contributed by atoms with Gasteiger partial charge in [-0.3, -0.25) is 0 Å². The summed E-state index contributed by atoms with van der Waals surface area (Å²) in [5.41, 5.74) is 0.559. The molecule has 0 aliphatic heterocycles. The summed E-state index contributed by atoms with van der Waals surface area (Å²) in [5, 5.41) is 12.0. The first-order chi connectivity index (χ1) is 8.37. The second-order valence-corrected chi connectivity index (χ2v) is 4.07. The molecule has 0 atom stereocenters. The highest BCUT2D eigenvalue weighted by molar-refractivity contribution is 5.28. The summed E-state index contributed by atoms with van der Waals surface area (Å²) in [6.45, 7) is 0.741. The van der Waals surface area contributed by atoms with E-state index in [1.165, 1.54) is 12.1 Å². The molecule has 102 valence electrons. The second-order valence-electron chi connectivity index (χ2n) is 4.07. The minimum atomic E-state index is -4.10. The largest absolute Gasteiger partial charge is 0.508 e. The molecule has 0 fully saturated rings. The number of halogens is 4. The molecule has 0 amide bonds. The lowest BCUT2D eigenvalue weighted by Crippen LogP contribution is -2.16. The van der Waals surface area contributed by atoms with Crippen LogP contribution in [0, 0.1) is 5.82 Å². The maximum atomic E-state index is 12.9. The molecule has 0 radical (unpaired) electrons. The summed E-state index contributed by atoms with van der Waals surface area (Å²) in [4.78, 5) is 0. The summed E-state index contributed by atoms with van der Waals surface area (Å²) in [6.07, 6.45) is -4.41. The highest BCUT2D eigenvalue weighted by atomic mass is 19.4. The lowest BCUT2D eigenvalue weighted by molar-refractivity contribution is -0.135. The van der Waals surface area contributed by atoms with E-state index in [0.717, 1.165) is 6.07 Å². The van der Waals surface area contributed by atoms with Crippen LogP contribution in [0.1, 0.15) is 24.8 Å². The van der Waals surface area contributed by atoms with Gasteiger partial charge in [0.1, 0.15) is 11.6 Å². The zero-order valence-corrected chi connectivity index (χ0v) is 9.73. The molecular formula is C12H15F4NO. The molecule has 0 bridgehead atoms. The van der Waals surface area contributed by atoms with E-state index in [2.05, 4.69) is 5.32 Å². The van der Waals surface area contributed by atoms with Crippen LogP contribution < -0.4 is 5.32 Å². The lowest BCUT2D eigenvalue weighted by Gasteiger charge is -2.07. The van der Waals surface area contributed by atoms with Crippen LogP contribution in [0.2, 0.25) is 0 Å². The maximum absolute atomic E-state index is 12.9. The molecule has 0 saturated carbocycles. The third-order valence-electron chi connectivity index (χ3n) is 2.34. The smallest absolute Gasteiger partial charge is 0.389 e. The van der Waals surface area contributed by atoms with Crippen LogP contribution in [-0.2, 0) is 6.54 Å². The number of unbranched alkanes of at least 4 members (excludes halogenated alkanes) is 1. The van der Waals surface area contributed by atoms with Crippen molar-refractivity contribution in [2.24, 2.45) is 0 Å². The van der Waals surface area contributed by atoms with Crippen LogP contribution in [0.5, 0.6) is 5.75 Å². The highest BCUT2D eigenvalue weighted by Gasteiger charge is 2.25. The van der Waals surface area contributed by atoms with Gasteiger partial charge in [0.15, 0.2) is 0 Å². The van der Waals surface area contributed by atoms with Crippen molar-refractivity contribution in [3.63, 3.8) is 0 Å². The fraction of sp³-hybridized carbons (Fsp3) is 0.500. The molecule has 0 aliphatic rings. The first kappa shape index (κ1) is 14.8. The number of alkyl halides is 3. The Labute approximate surface area is 103 Å². The average Bonchev–Trinajstić information content (AvgIpc) is 2.20. The molecule has 0 aromatic heterocycles. The van der Waals surface area contributed by atoms with E-state index in [9.17, 15) is 17.6 Å². The molecule has 0 spiro atoms. The van der Waals surface area contributed by atoms with Gasteiger partial charge in [0.25, 0.3) is 0 Å². The minimum Gasteiger partial charge on any atom is -0.508 e. The SMILES string of the molecule is Oc1cc(F)cc(CNCCCCC(F)(F)F)c1. The van der Waals surface area contributed by atoms with Gasteiger partial charge in [-0.1, -0.05) is 0 Å². The highest BCUT2D eigenvalue weighted by Crippen LogP contribution is 2.21. The topological polar surface area (TPSA) is 32.3 Å². The van der Waals surface area contributed by atoms with Crippen molar-refractivity contribution >= 4 is 0 Å². The Morgan fingerprint density at radius 2 is 1.83 bits per heavy atom. The van der Waals surface area contributed by atoms with Crippen molar-refractivity contribution in [3.05, 3.63) is 29.6 Å². The third-order valence-corrected chi connectivity index (χ3v) is 2.34. The monoisotopic (exact) mass is 265 g/mol. The Balaban J connectivity index is 2.18. The Hall–Kier alpha value is -1.30. The number of hydrogen-bond donors (Lipinski definition) is 2.